The number of thiophene rings is 1. The molecule has 2 saturated heterocycles. The van der Waals surface area contributed by atoms with E-state index in [-0.39, 0.29) is 17.7 Å². The molecule has 7 heteroatoms. The average Bonchev–Trinajstić information content (AvgIpc) is 3.11. The predicted molar refractivity (Wildman–Crippen MR) is 94.0 cm³/mol. The van der Waals surface area contributed by atoms with Gasteiger partial charge in [0.15, 0.2) is 0 Å². The number of carbonyl (C=O) groups is 2. The van der Waals surface area contributed by atoms with Crippen LogP contribution >= 0.6 is 11.3 Å². The summed E-state index contributed by atoms with van der Waals surface area (Å²) in [5.41, 5.74) is 1.19. The standard InChI is InChI=1S/C18H24N2O4S/c21-17(19-3-7-23-8-4-19)13-1-2-15-14(11-13)12-16(25-15)18(22)20-5-9-24-10-6-20/h12-13H,1-11H2/t13-/m0/s1. The highest BCUT2D eigenvalue weighted by Crippen LogP contribution is 2.34. The van der Waals surface area contributed by atoms with Gasteiger partial charge in [-0.2, -0.15) is 0 Å². The molecule has 6 nitrogen and oxygen atoms in total. The molecule has 0 saturated carbocycles. The lowest BCUT2D eigenvalue weighted by Gasteiger charge is -2.31. The second kappa shape index (κ2) is 7.43. The summed E-state index contributed by atoms with van der Waals surface area (Å²) >= 11 is 1.61. The van der Waals surface area contributed by atoms with Crippen molar-refractivity contribution in [1.82, 2.24) is 9.80 Å². The van der Waals surface area contributed by atoms with Crippen LogP contribution in [-0.2, 0) is 27.1 Å². The van der Waals surface area contributed by atoms with Gasteiger partial charge in [-0.1, -0.05) is 0 Å². The molecule has 136 valence electrons. The van der Waals surface area contributed by atoms with E-state index >= 15 is 0 Å². The van der Waals surface area contributed by atoms with Crippen molar-refractivity contribution in [3.8, 4) is 0 Å². The number of ether oxygens (including phenoxy) is 2. The molecule has 0 N–H and O–H groups in total. The summed E-state index contributed by atoms with van der Waals surface area (Å²) in [4.78, 5) is 31.3. The molecule has 0 unspecified atom stereocenters. The third-order valence-corrected chi connectivity index (χ3v) is 6.49. The van der Waals surface area contributed by atoms with Gasteiger partial charge in [-0.3, -0.25) is 9.59 Å². The van der Waals surface area contributed by atoms with Gasteiger partial charge in [-0.15, -0.1) is 11.3 Å². The van der Waals surface area contributed by atoms with Crippen LogP contribution in [0.3, 0.4) is 0 Å². The topological polar surface area (TPSA) is 59.1 Å². The number of nitrogens with zero attached hydrogens (tertiary/aromatic N) is 2. The van der Waals surface area contributed by atoms with Crippen molar-refractivity contribution >= 4 is 23.2 Å². The molecule has 1 aromatic rings. The Hall–Kier alpha value is -1.44. The summed E-state index contributed by atoms with van der Waals surface area (Å²) < 4.78 is 10.7. The van der Waals surface area contributed by atoms with Crippen molar-refractivity contribution in [1.29, 1.82) is 0 Å². The van der Waals surface area contributed by atoms with Gasteiger partial charge >= 0.3 is 0 Å². The molecule has 1 aromatic heterocycles. The van der Waals surface area contributed by atoms with Crippen molar-refractivity contribution in [2.75, 3.05) is 52.6 Å². The number of amides is 2. The van der Waals surface area contributed by atoms with E-state index in [1.54, 1.807) is 11.3 Å². The third-order valence-electron chi connectivity index (χ3n) is 5.26. The van der Waals surface area contributed by atoms with Crippen LogP contribution in [0, 0.1) is 5.92 Å². The van der Waals surface area contributed by atoms with Gasteiger partial charge in [0, 0.05) is 37.0 Å². The maximum Gasteiger partial charge on any atom is 0.264 e. The van der Waals surface area contributed by atoms with E-state index in [0.29, 0.717) is 52.6 Å². The minimum atomic E-state index is 0.0477. The fourth-order valence-electron chi connectivity index (χ4n) is 3.80. The van der Waals surface area contributed by atoms with Gasteiger partial charge in [0.1, 0.15) is 0 Å². The first kappa shape index (κ1) is 17.0. The molecule has 2 amide bonds. The van der Waals surface area contributed by atoms with Gasteiger partial charge < -0.3 is 19.3 Å². The fourth-order valence-corrected chi connectivity index (χ4v) is 4.98. The van der Waals surface area contributed by atoms with Crippen LogP contribution in [0.1, 0.15) is 26.5 Å². The highest BCUT2D eigenvalue weighted by atomic mass is 32.1. The Morgan fingerprint density at radius 3 is 2.32 bits per heavy atom. The zero-order chi connectivity index (χ0) is 17.2. The van der Waals surface area contributed by atoms with Crippen LogP contribution in [-0.4, -0.2) is 74.2 Å². The Morgan fingerprint density at radius 2 is 1.64 bits per heavy atom. The number of hydrogen-bond donors (Lipinski definition) is 0. The zero-order valence-corrected chi connectivity index (χ0v) is 15.2. The maximum atomic E-state index is 12.7. The average molecular weight is 364 g/mol. The van der Waals surface area contributed by atoms with Crippen molar-refractivity contribution in [2.45, 2.75) is 19.3 Å². The molecule has 3 heterocycles. The number of aryl methyl sites for hydroxylation is 1. The molecule has 0 bridgehead atoms. The summed E-state index contributed by atoms with van der Waals surface area (Å²) in [6, 6.07) is 2.02. The van der Waals surface area contributed by atoms with Crippen molar-refractivity contribution in [3.05, 3.63) is 21.4 Å². The van der Waals surface area contributed by atoms with E-state index in [0.717, 1.165) is 24.1 Å². The first-order chi connectivity index (χ1) is 12.2. The van der Waals surface area contributed by atoms with E-state index in [1.165, 1.54) is 10.4 Å². The Morgan fingerprint density at radius 1 is 1.00 bits per heavy atom. The van der Waals surface area contributed by atoms with Gasteiger partial charge in [-0.25, -0.2) is 0 Å². The molecule has 1 aliphatic carbocycles. The minimum absolute atomic E-state index is 0.0477. The Bertz CT molecular complexity index is 648. The van der Waals surface area contributed by atoms with Crippen molar-refractivity contribution in [3.63, 3.8) is 0 Å². The molecule has 25 heavy (non-hydrogen) atoms. The molecule has 0 aromatic carbocycles. The van der Waals surface area contributed by atoms with Crippen LogP contribution in [0.15, 0.2) is 6.07 Å². The Kier molecular flexibility index (Phi) is 5.05. The number of hydrogen-bond acceptors (Lipinski definition) is 5. The SMILES string of the molecule is O=C(c1cc2c(s1)CC[C@H](C(=O)N1CCOCC1)C2)N1CCOCC1. The van der Waals surface area contributed by atoms with E-state index in [1.807, 2.05) is 15.9 Å². The summed E-state index contributed by atoms with van der Waals surface area (Å²) in [7, 11) is 0. The minimum Gasteiger partial charge on any atom is -0.378 e. The van der Waals surface area contributed by atoms with Crippen LogP contribution in [0.25, 0.3) is 0 Å². The Balaban J connectivity index is 1.43. The lowest BCUT2D eigenvalue weighted by atomic mass is 9.87. The van der Waals surface area contributed by atoms with Crippen molar-refractivity contribution < 1.29 is 19.1 Å². The lowest BCUT2D eigenvalue weighted by Crippen LogP contribution is -2.44. The number of fused-ring (bicyclic) bond motifs is 1. The third kappa shape index (κ3) is 3.59. The second-order valence-corrected chi connectivity index (χ2v) is 7.98. The van der Waals surface area contributed by atoms with Crippen LogP contribution < -0.4 is 0 Å². The smallest absolute Gasteiger partial charge is 0.264 e. The largest absolute Gasteiger partial charge is 0.378 e. The first-order valence-corrected chi connectivity index (χ1v) is 9.89. The molecule has 1 atom stereocenters. The monoisotopic (exact) mass is 364 g/mol. The fraction of sp³-hybridized carbons (Fsp3) is 0.667. The zero-order valence-electron chi connectivity index (χ0n) is 14.4. The number of carbonyl (C=O) groups excluding carboxylic acids is 2. The first-order valence-electron chi connectivity index (χ1n) is 9.07. The maximum absolute atomic E-state index is 12.7. The van der Waals surface area contributed by atoms with E-state index in [2.05, 4.69) is 0 Å². The molecule has 0 spiro atoms. The van der Waals surface area contributed by atoms with Gasteiger partial charge in [0.2, 0.25) is 5.91 Å². The summed E-state index contributed by atoms with van der Waals surface area (Å²) in [5.74, 6) is 0.409. The molecule has 3 aliphatic rings. The molecule has 2 aliphatic heterocycles. The number of morpholine rings is 2. The number of rotatable bonds is 2. The lowest BCUT2D eigenvalue weighted by molar-refractivity contribution is -0.140. The highest BCUT2D eigenvalue weighted by Gasteiger charge is 2.31. The van der Waals surface area contributed by atoms with Crippen molar-refractivity contribution in [2.24, 2.45) is 5.92 Å². The summed E-state index contributed by atoms with van der Waals surface area (Å²) in [6.45, 7) is 5.25. The molecular weight excluding hydrogens is 340 g/mol. The molecule has 4 rings (SSSR count). The Labute approximate surface area is 151 Å². The van der Waals surface area contributed by atoms with Crippen LogP contribution in [0.4, 0.5) is 0 Å². The summed E-state index contributed by atoms with van der Waals surface area (Å²) in [5, 5.41) is 0. The van der Waals surface area contributed by atoms with E-state index < -0.39 is 0 Å². The predicted octanol–water partition coefficient (Wildman–Crippen LogP) is 1.18. The molecule has 0 radical (unpaired) electrons. The highest BCUT2D eigenvalue weighted by molar-refractivity contribution is 7.14. The van der Waals surface area contributed by atoms with Crippen LogP contribution in [0.5, 0.6) is 0 Å². The van der Waals surface area contributed by atoms with Crippen LogP contribution in [0.2, 0.25) is 0 Å². The quantitative estimate of drug-likeness (QED) is 0.791. The van der Waals surface area contributed by atoms with Gasteiger partial charge in [0.05, 0.1) is 31.3 Å². The normalized spacial score (nSPS) is 24.1. The molecular formula is C18H24N2O4S. The molecule has 2 fully saturated rings. The second-order valence-electron chi connectivity index (χ2n) is 6.84. The van der Waals surface area contributed by atoms with Gasteiger partial charge in [-0.05, 0) is 30.9 Å². The van der Waals surface area contributed by atoms with E-state index in [9.17, 15) is 9.59 Å². The van der Waals surface area contributed by atoms with E-state index in [4.69, 9.17) is 9.47 Å². The summed E-state index contributed by atoms with van der Waals surface area (Å²) in [6.07, 6.45) is 2.55. The van der Waals surface area contributed by atoms with Gasteiger partial charge in [0.25, 0.3) is 5.91 Å².